The molecular weight excluding hydrogens is 257 g/mol. The minimum atomic E-state index is -0.336. The van der Waals surface area contributed by atoms with Crippen molar-refractivity contribution in [1.82, 2.24) is 4.90 Å². The molecule has 3 nitrogen and oxygen atoms in total. The van der Waals surface area contributed by atoms with Crippen molar-refractivity contribution in [2.24, 2.45) is 0 Å². The maximum absolute atomic E-state index is 13.5. The summed E-state index contributed by atoms with van der Waals surface area (Å²) in [5.41, 5.74) is 0.436. The minimum Gasteiger partial charge on any atom is -0.395 e. The second kappa shape index (κ2) is 8.82. The third-order valence-electron chi connectivity index (χ3n) is 3.57. The molecular formula is C16H24FNO2. The number of halogens is 1. The normalized spacial score (nSPS) is 11.3. The smallest absolute Gasteiger partial charge is 0.151 e. The van der Waals surface area contributed by atoms with Crippen molar-refractivity contribution in [1.29, 1.82) is 0 Å². The van der Waals surface area contributed by atoms with Crippen LogP contribution >= 0.6 is 0 Å². The third kappa shape index (κ3) is 5.02. The van der Waals surface area contributed by atoms with Crippen LogP contribution in [-0.4, -0.2) is 41.5 Å². The number of carbonyl (C=O) groups excluding carboxylic acids is 1. The van der Waals surface area contributed by atoms with Gasteiger partial charge >= 0.3 is 0 Å². The third-order valence-corrected chi connectivity index (χ3v) is 3.57. The molecule has 1 aromatic rings. The summed E-state index contributed by atoms with van der Waals surface area (Å²) in [6.07, 6.45) is 1.97. The number of benzene rings is 1. The molecule has 0 fully saturated rings. The zero-order valence-electron chi connectivity index (χ0n) is 12.3. The maximum Gasteiger partial charge on any atom is 0.151 e. The molecule has 1 N–H and O–H groups in total. The fraction of sp³-hybridized carbons (Fsp3) is 0.562. The number of Topliss-reactive ketones (excluding diaryl/α,β-unsaturated/α-hetero) is 1. The van der Waals surface area contributed by atoms with Crippen molar-refractivity contribution in [2.75, 3.05) is 19.7 Å². The van der Waals surface area contributed by atoms with Gasteiger partial charge in [0.25, 0.3) is 0 Å². The predicted molar refractivity (Wildman–Crippen MR) is 78.1 cm³/mol. The quantitative estimate of drug-likeness (QED) is 0.755. The summed E-state index contributed by atoms with van der Waals surface area (Å²) in [4.78, 5) is 14.1. The fourth-order valence-electron chi connectivity index (χ4n) is 2.46. The average molecular weight is 281 g/mol. The second-order valence-corrected chi connectivity index (χ2v) is 4.97. The van der Waals surface area contributed by atoms with Crippen LogP contribution in [0.1, 0.15) is 32.3 Å². The van der Waals surface area contributed by atoms with Crippen molar-refractivity contribution in [2.45, 2.75) is 39.2 Å². The molecule has 0 radical (unpaired) electrons. The highest BCUT2D eigenvalue weighted by Gasteiger charge is 2.18. The Morgan fingerprint density at radius 2 is 1.95 bits per heavy atom. The Morgan fingerprint density at radius 3 is 2.50 bits per heavy atom. The van der Waals surface area contributed by atoms with Gasteiger partial charge in [0.2, 0.25) is 0 Å². The van der Waals surface area contributed by atoms with Crippen LogP contribution in [0.4, 0.5) is 4.39 Å². The molecule has 112 valence electrons. The first kappa shape index (κ1) is 16.8. The van der Waals surface area contributed by atoms with Gasteiger partial charge in [0.15, 0.2) is 5.78 Å². The minimum absolute atomic E-state index is 0.0181. The van der Waals surface area contributed by atoms with Gasteiger partial charge in [0, 0.05) is 19.0 Å². The Hall–Kier alpha value is -1.26. The fourth-order valence-corrected chi connectivity index (χ4v) is 2.46. The Labute approximate surface area is 120 Å². The van der Waals surface area contributed by atoms with E-state index in [2.05, 4.69) is 13.8 Å². The van der Waals surface area contributed by atoms with E-state index in [-0.39, 0.29) is 37.2 Å². The molecule has 20 heavy (non-hydrogen) atoms. The second-order valence-electron chi connectivity index (χ2n) is 4.97. The zero-order chi connectivity index (χ0) is 15.0. The summed E-state index contributed by atoms with van der Waals surface area (Å²) in [6.45, 7) is 4.92. The summed E-state index contributed by atoms with van der Waals surface area (Å²) in [6, 6.07) is 6.64. The van der Waals surface area contributed by atoms with Gasteiger partial charge in [0.05, 0.1) is 13.2 Å². The van der Waals surface area contributed by atoms with Crippen LogP contribution < -0.4 is 0 Å². The highest BCUT2D eigenvalue weighted by Crippen LogP contribution is 2.11. The Balaban J connectivity index is 2.64. The van der Waals surface area contributed by atoms with Gasteiger partial charge in [-0.3, -0.25) is 9.69 Å². The molecule has 1 aromatic carbocycles. The molecule has 0 amide bonds. The van der Waals surface area contributed by atoms with Crippen LogP contribution in [-0.2, 0) is 11.2 Å². The van der Waals surface area contributed by atoms with Crippen LogP contribution in [0.15, 0.2) is 24.3 Å². The van der Waals surface area contributed by atoms with Crippen LogP contribution in [0.3, 0.4) is 0 Å². The van der Waals surface area contributed by atoms with Gasteiger partial charge in [-0.05, 0) is 24.5 Å². The molecule has 0 saturated heterocycles. The summed E-state index contributed by atoms with van der Waals surface area (Å²) < 4.78 is 13.5. The van der Waals surface area contributed by atoms with E-state index >= 15 is 0 Å². The zero-order valence-corrected chi connectivity index (χ0v) is 12.3. The van der Waals surface area contributed by atoms with E-state index in [0.717, 1.165) is 12.8 Å². The molecule has 0 aliphatic heterocycles. The first-order valence-corrected chi connectivity index (χ1v) is 7.22. The van der Waals surface area contributed by atoms with Gasteiger partial charge in [-0.15, -0.1) is 0 Å². The summed E-state index contributed by atoms with van der Waals surface area (Å²) in [5, 5.41) is 9.11. The molecule has 0 saturated carbocycles. The van der Waals surface area contributed by atoms with Gasteiger partial charge in [-0.1, -0.05) is 32.0 Å². The van der Waals surface area contributed by atoms with Gasteiger partial charge < -0.3 is 5.11 Å². The van der Waals surface area contributed by atoms with Crippen molar-refractivity contribution >= 4 is 5.78 Å². The lowest BCUT2D eigenvalue weighted by Gasteiger charge is -2.29. The van der Waals surface area contributed by atoms with Crippen molar-refractivity contribution in [3.63, 3.8) is 0 Å². The van der Waals surface area contributed by atoms with E-state index in [1.165, 1.54) is 6.07 Å². The lowest BCUT2D eigenvalue weighted by atomic mass is 10.1. The molecule has 4 heteroatoms. The van der Waals surface area contributed by atoms with Crippen LogP contribution in [0, 0.1) is 5.82 Å². The molecule has 0 aliphatic carbocycles. The van der Waals surface area contributed by atoms with Gasteiger partial charge in [-0.25, -0.2) is 4.39 Å². The Morgan fingerprint density at radius 1 is 1.30 bits per heavy atom. The monoisotopic (exact) mass is 281 g/mol. The highest BCUT2D eigenvalue weighted by molar-refractivity contribution is 5.82. The lowest BCUT2D eigenvalue weighted by molar-refractivity contribution is -0.120. The number of nitrogens with zero attached hydrogens (tertiary/aromatic N) is 1. The van der Waals surface area contributed by atoms with E-state index in [9.17, 15) is 9.18 Å². The lowest BCUT2D eigenvalue weighted by Crippen LogP contribution is -2.40. The number of hydrogen-bond acceptors (Lipinski definition) is 3. The molecule has 0 aliphatic rings. The van der Waals surface area contributed by atoms with E-state index in [1.807, 2.05) is 4.90 Å². The molecule has 0 spiro atoms. The van der Waals surface area contributed by atoms with Crippen LogP contribution in [0.5, 0.6) is 0 Å². The summed E-state index contributed by atoms with van der Waals surface area (Å²) in [7, 11) is 0. The number of aliphatic hydroxyl groups excluding tert-OH is 1. The number of aliphatic hydroxyl groups is 1. The molecule has 1 rings (SSSR count). The molecule has 0 heterocycles. The van der Waals surface area contributed by atoms with E-state index in [4.69, 9.17) is 5.11 Å². The van der Waals surface area contributed by atoms with E-state index in [0.29, 0.717) is 12.1 Å². The number of ketones is 1. The molecule has 0 bridgehead atoms. The largest absolute Gasteiger partial charge is 0.395 e. The summed E-state index contributed by atoms with van der Waals surface area (Å²) >= 11 is 0. The Bertz CT molecular complexity index is 419. The van der Waals surface area contributed by atoms with Crippen molar-refractivity contribution < 1.29 is 14.3 Å². The average Bonchev–Trinajstić information content (AvgIpc) is 2.43. The first-order valence-electron chi connectivity index (χ1n) is 7.22. The number of rotatable bonds is 9. The first-order chi connectivity index (χ1) is 9.62. The topological polar surface area (TPSA) is 40.5 Å². The van der Waals surface area contributed by atoms with Crippen LogP contribution in [0.2, 0.25) is 0 Å². The van der Waals surface area contributed by atoms with E-state index in [1.54, 1.807) is 18.2 Å². The van der Waals surface area contributed by atoms with Gasteiger partial charge in [0.1, 0.15) is 5.82 Å². The van der Waals surface area contributed by atoms with E-state index < -0.39 is 0 Å². The predicted octanol–water partition coefficient (Wildman–Crippen LogP) is 2.42. The Kier molecular flexibility index (Phi) is 7.41. The van der Waals surface area contributed by atoms with Crippen LogP contribution in [0.25, 0.3) is 0 Å². The molecule has 0 atom stereocenters. The van der Waals surface area contributed by atoms with Gasteiger partial charge in [-0.2, -0.15) is 0 Å². The SMILES string of the molecule is CCC(CC)N(CCO)CC(=O)Cc1ccccc1F. The van der Waals surface area contributed by atoms with Crippen molar-refractivity contribution in [3.8, 4) is 0 Å². The maximum atomic E-state index is 13.5. The number of carbonyl (C=O) groups is 1. The number of hydrogen-bond donors (Lipinski definition) is 1. The highest BCUT2D eigenvalue weighted by atomic mass is 19.1. The molecule has 0 aromatic heterocycles. The standard InChI is InChI=1S/C16H24FNO2/c1-3-14(4-2)18(9-10-19)12-15(20)11-13-7-5-6-8-16(13)17/h5-8,14,19H,3-4,9-12H2,1-2H3. The molecule has 0 unspecified atom stereocenters. The summed E-state index contributed by atoms with van der Waals surface area (Å²) in [5.74, 6) is -0.354. The van der Waals surface area contributed by atoms with Crippen molar-refractivity contribution in [3.05, 3.63) is 35.6 Å².